The molecule has 3 heterocycles. The van der Waals surface area contributed by atoms with E-state index in [2.05, 4.69) is 0 Å². The largest absolute Gasteiger partial charge is 0.493 e. The summed E-state index contributed by atoms with van der Waals surface area (Å²) in [5.41, 5.74) is 2.27. The van der Waals surface area contributed by atoms with E-state index in [1.807, 2.05) is 30.3 Å². The van der Waals surface area contributed by atoms with E-state index < -0.39 is 5.63 Å². The Morgan fingerprint density at radius 2 is 1.71 bits per heavy atom. The second kappa shape index (κ2) is 5.99. The number of benzene rings is 2. The zero-order valence-electron chi connectivity index (χ0n) is 15.4. The summed E-state index contributed by atoms with van der Waals surface area (Å²) in [5.74, 6) is 1.25. The normalized spacial score (nSPS) is 12.6. The fraction of sp³-hybridized carbons (Fsp3) is 0.182. The van der Waals surface area contributed by atoms with Crippen LogP contribution in [0.5, 0.6) is 11.5 Å². The first-order chi connectivity index (χ1) is 13.6. The number of aryl methyl sites for hydroxylation is 1. The summed E-state index contributed by atoms with van der Waals surface area (Å²) in [7, 11) is 3.18. The van der Waals surface area contributed by atoms with Crippen molar-refractivity contribution in [1.29, 1.82) is 0 Å². The van der Waals surface area contributed by atoms with E-state index in [9.17, 15) is 9.59 Å². The summed E-state index contributed by atoms with van der Waals surface area (Å²) in [6.07, 6.45) is 0.660. The van der Waals surface area contributed by atoms with Gasteiger partial charge in [0.1, 0.15) is 11.0 Å². The standard InChI is InChI=1S/C22H17NO5/c1-26-18-9-12-7-8-23-16(14(12)11-19(18)27-2)10-15-13-5-3-4-6-17(13)28-22(25)20(15)21(23)24/h3-6,9-11H,7-8H2,1-2H3. The number of rotatable bonds is 2. The molecule has 0 saturated heterocycles. The van der Waals surface area contributed by atoms with Crippen molar-refractivity contribution in [2.45, 2.75) is 13.0 Å². The predicted molar refractivity (Wildman–Crippen MR) is 106 cm³/mol. The summed E-state index contributed by atoms with van der Waals surface area (Å²) in [6, 6.07) is 13.0. The minimum atomic E-state index is -0.605. The van der Waals surface area contributed by atoms with Crippen LogP contribution in [-0.2, 0) is 13.0 Å². The van der Waals surface area contributed by atoms with Crippen LogP contribution >= 0.6 is 0 Å². The molecule has 0 unspecified atom stereocenters. The van der Waals surface area contributed by atoms with Crippen molar-refractivity contribution in [3.63, 3.8) is 0 Å². The highest BCUT2D eigenvalue weighted by molar-refractivity contribution is 6.05. The molecule has 6 nitrogen and oxygen atoms in total. The van der Waals surface area contributed by atoms with Gasteiger partial charge in [0.15, 0.2) is 11.5 Å². The molecule has 1 aliphatic heterocycles. The summed E-state index contributed by atoms with van der Waals surface area (Å²) < 4.78 is 17.9. The number of ether oxygens (including phenoxy) is 2. The Morgan fingerprint density at radius 3 is 2.50 bits per heavy atom. The lowest BCUT2D eigenvalue weighted by molar-refractivity contribution is 0.354. The Morgan fingerprint density at radius 1 is 0.964 bits per heavy atom. The minimum absolute atomic E-state index is 0.0892. The van der Waals surface area contributed by atoms with Gasteiger partial charge in [-0.05, 0) is 36.2 Å². The highest BCUT2D eigenvalue weighted by Crippen LogP contribution is 2.39. The summed E-state index contributed by atoms with van der Waals surface area (Å²) in [5, 5.41) is 1.43. The molecule has 0 aliphatic carbocycles. The van der Waals surface area contributed by atoms with Gasteiger partial charge in [-0.1, -0.05) is 18.2 Å². The molecule has 4 aromatic rings. The van der Waals surface area contributed by atoms with Crippen LogP contribution < -0.4 is 20.7 Å². The van der Waals surface area contributed by atoms with Gasteiger partial charge in [0, 0.05) is 22.9 Å². The molecular weight excluding hydrogens is 358 g/mol. The van der Waals surface area contributed by atoms with Crippen molar-refractivity contribution >= 4 is 21.7 Å². The second-order valence-electron chi connectivity index (χ2n) is 6.78. The average molecular weight is 375 g/mol. The maximum Gasteiger partial charge on any atom is 0.349 e. The predicted octanol–water partition coefficient (Wildman–Crippen LogP) is 3.35. The van der Waals surface area contributed by atoms with Gasteiger partial charge in [0.25, 0.3) is 5.56 Å². The maximum atomic E-state index is 13.2. The molecule has 0 N–H and O–H groups in total. The van der Waals surface area contributed by atoms with E-state index in [4.69, 9.17) is 13.9 Å². The quantitative estimate of drug-likeness (QED) is 0.397. The zero-order valence-corrected chi connectivity index (χ0v) is 15.4. The lowest BCUT2D eigenvalue weighted by Crippen LogP contribution is -2.29. The zero-order chi connectivity index (χ0) is 19.4. The molecular formula is C22H17NO5. The third kappa shape index (κ3) is 2.21. The number of pyridine rings is 1. The first kappa shape index (κ1) is 16.6. The van der Waals surface area contributed by atoms with Gasteiger partial charge in [0.2, 0.25) is 0 Å². The molecule has 1 aliphatic rings. The number of fused-ring (bicyclic) bond motifs is 6. The SMILES string of the molecule is COc1cc2c(cc1OC)-c1cc3c(c(=O)oc4ccccc43)c(=O)n1CC2. The Kier molecular flexibility index (Phi) is 3.55. The van der Waals surface area contributed by atoms with Gasteiger partial charge in [0.05, 0.1) is 19.9 Å². The number of para-hydroxylation sites is 1. The van der Waals surface area contributed by atoms with Crippen molar-refractivity contribution < 1.29 is 13.9 Å². The highest BCUT2D eigenvalue weighted by atomic mass is 16.5. The number of hydrogen-bond acceptors (Lipinski definition) is 5. The lowest BCUT2D eigenvalue weighted by atomic mass is 9.95. The minimum Gasteiger partial charge on any atom is -0.493 e. The molecule has 2 aromatic heterocycles. The van der Waals surface area contributed by atoms with Crippen LogP contribution in [0, 0.1) is 0 Å². The van der Waals surface area contributed by atoms with Gasteiger partial charge in [-0.3, -0.25) is 4.79 Å². The molecule has 0 saturated carbocycles. The van der Waals surface area contributed by atoms with Crippen molar-refractivity contribution in [3.8, 4) is 22.8 Å². The topological polar surface area (TPSA) is 70.7 Å². The molecule has 2 aromatic carbocycles. The molecule has 0 amide bonds. The van der Waals surface area contributed by atoms with Gasteiger partial charge < -0.3 is 18.5 Å². The summed E-state index contributed by atoms with van der Waals surface area (Å²) in [6.45, 7) is 0.485. The van der Waals surface area contributed by atoms with Gasteiger partial charge in [-0.2, -0.15) is 0 Å². The third-order valence-electron chi connectivity index (χ3n) is 5.37. The maximum absolute atomic E-state index is 13.2. The molecule has 28 heavy (non-hydrogen) atoms. The first-order valence-corrected chi connectivity index (χ1v) is 8.97. The molecule has 5 rings (SSSR count). The molecule has 0 radical (unpaired) electrons. The molecule has 0 atom stereocenters. The van der Waals surface area contributed by atoms with E-state index in [1.165, 1.54) is 0 Å². The van der Waals surface area contributed by atoms with Crippen LogP contribution in [-0.4, -0.2) is 18.8 Å². The number of nitrogens with zero attached hydrogens (tertiary/aromatic N) is 1. The molecule has 0 spiro atoms. The fourth-order valence-electron chi connectivity index (χ4n) is 4.03. The van der Waals surface area contributed by atoms with Crippen molar-refractivity contribution in [2.24, 2.45) is 0 Å². The molecule has 0 fully saturated rings. The van der Waals surface area contributed by atoms with Crippen molar-refractivity contribution in [3.05, 3.63) is 68.8 Å². The molecule has 6 heteroatoms. The number of hydrogen-bond donors (Lipinski definition) is 0. The van der Waals surface area contributed by atoms with E-state index >= 15 is 0 Å². The Labute approximate surface area is 159 Å². The van der Waals surface area contributed by atoms with E-state index in [0.29, 0.717) is 35.4 Å². The van der Waals surface area contributed by atoms with Crippen LogP contribution in [0.2, 0.25) is 0 Å². The average Bonchev–Trinajstić information content (AvgIpc) is 2.72. The van der Waals surface area contributed by atoms with Crippen LogP contribution in [0.4, 0.5) is 0 Å². The highest BCUT2D eigenvalue weighted by Gasteiger charge is 2.23. The molecule has 140 valence electrons. The number of methoxy groups -OCH3 is 2. The second-order valence-corrected chi connectivity index (χ2v) is 6.78. The smallest absolute Gasteiger partial charge is 0.349 e. The van der Waals surface area contributed by atoms with E-state index in [1.54, 1.807) is 30.9 Å². The van der Waals surface area contributed by atoms with Crippen LogP contribution in [0.1, 0.15) is 5.56 Å². The van der Waals surface area contributed by atoms with Gasteiger partial charge in [-0.25, -0.2) is 4.79 Å². The van der Waals surface area contributed by atoms with Gasteiger partial charge in [-0.15, -0.1) is 0 Å². The summed E-state index contributed by atoms with van der Waals surface area (Å²) in [4.78, 5) is 25.7. The Hall–Kier alpha value is -3.54. The van der Waals surface area contributed by atoms with Crippen molar-refractivity contribution in [2.75, 3.05) is 14.2 Å². The first-order valence-electron chi connectivity index (χ1n) is 8.97. The van der Waals surface area contributed by atoms with Gasteiger partial charge >= 0.3 is 5.63 Å². The van der Waals surface area contributed by atoms with E-state index in [0.717, 1.165) is 22.2 Å². The van der Waals surface area contributed by atoms with Crippen molar-refractivity contribution in [1.82, 2.24) is 4.57 Å². The Bertz CT molecular complexity index is 1380. The number of aromatic nitrogens is 1. The lowest BCUT2D eigenvalue weighted by Gasteiger charge is -2.24. The van der Waals surface area contributed by atoms with Crippen LogP contribution in [0.25, 0.3) is 33.0 Å². The summed E-state index contributed by atoms with van der Waals surface area (Å²) >= 11 is 0. The van der Waals surface area contributed by atoms with E-state index in [-0.39, 0.29) is 10.9 Å². The third-order valence-corrected chi connectivity index (χ3v) is 5.37. The van der Waals surface area contributed by atoms with Crippen LogP contribution in [0.3, 0.4) is 0 Å². The fourth-order valence-corrected chi connectivity index (χ4v) is 4.03. The molecule has 0 bridgehead atoms. The Balaban J connectivity index is 1.92. The monoisotopic (exact) mass is 375 g/mol. The van der Waals surface area contributed by atoms with Crippen LogP contribution in [0.15, 0.2) is 56.5 Å².